The summed E-state index contributed by atoms with van der Waals surface area (Å²) in [5, 5.41) is 19.1. The Morgan fingerprint density at radius 2 is 1.60 bits per heavy atom. The number of fused-ring (bicyclic) bond motifs is 4. The lowest BCUT2D eigenvalue weighted by atomic mass is 9.93. The van der Waals surface area contributed by atoms with Gasteiger partial charge in [0.25, 0.3) is 0 Å². The van der Waals surface area contributed by atoms with Crippen LogP contribution in [0, 0.1) is 6.92 Å². The van der Waals surface area contributed by atoms with E-state index in [1.54, 1.807) is 12.1 Å². The first-order valence-corrected chi connectivity index (χ1v) is 14.3. The van der Waals surface area contributed by atoms with Gasteiger partial charge in [-0.15, -0.1) is 0 Å². The summed E-state index contributed by atoms with van der Waals surface area (Å²) in [5.41, 5.74) is 6.23. The van der Waals surface area contributed by atoms with Crippen molar-refractivity contribution in [2.75, 3.05) is 10.2 Å². The van der Waals surface area contributed by atoms with Gasteiger partial charge >= 0.3 is 0 Å². The van der Waals surface area contributed by atoms with Gasteiger partial charge in [0, 0.05) is 20.2 Å². The second-order valence-electron chi connectivity index (χ2n) is 9.56. The van der Waals surface area contributed by atoms with Crippen LogP contribution in [-0.4, -0.2) is 26.6 Å². The number of aromatic nitrogens is 2. The van der Waals surface area contributed by atoms with Gasteiger partial charge in [-0.3, -0.25) is 0 Å². The van der Waals surface area contributed by atoms with Gasteiger partial charge in [-0.05, 0) is 79.2 Å². The van der Waals surface area contributed by atoms with Gasteiger partial charge in [0.1, 0.15) is 5.75 Å². The van der Waals surface area contributed by atoms with Crippen LogP contribution in [0.1, 0.15) is 22.9 Å². The summed E-state index contributed by atoms with van der Waals surface area (Å²) in [7, 11) is 0. The van der Waals surface area contributed by atoms with Crippen LogP contribution in [0.25, 0.3) is 5.69 Å². The molecule has 7 nitrogen and oxygen atoms in total. The molecule has 7 rings (SSSR count). The lowest BCUT2D eigenvalue weighted by Crippen LogP contribution is -2.46. The third-order valence-corrected chi connectivity index (χ3v) is 8.27. The van der Waals surface area contributed by atoms with Gasteiger partial charge in [-0.2, -0.15) is 5.10 Å². The Hall–Kier alpha value is -4.21. The van der Waals surface area contributed by atoms with Gasteiger partial charge in [0.2, 0.25) is 0 Å². The third kappa shape index (κ3) is 4.13. The maximum Gasteiger partial charge on any atom is 0.179 e. The lowest BCUT2D eigenvalue weighted by molar-refractivity contribution is 0.474. The number of rotatable bonds is 3. The van der Waals surface area contributed by atoms with E-state index in [1.165, 1.54) is 0 Å². The average molecular weight is 654 g/mol. The fourth-order valence-corrected chi connectivity index (χ4v) is 5.98. The number of halogens is 2. The Balaban J connectivity index is 1.52. The van der Waals surface area contributed by atoms with Crippen molar-refractivity contribution in [3.8, 4) is 11.4 Å². The van der Waals surface area contributed by atoms with Gasteiger partial charge in [0.05, 0.1) is 28.8 Å². The molecular weight excluding hydrogens is 632 g/mol. The number of aromatic hydroxyl groups is 1. The molecule has 2 aliphatic heterocycles. The summed E-state index contributed by atoms with van der Waals surface area (Å²) in [5.74, 6) is 2.18. The maximum absolute atomic E-state index is 10.6. The van der Waals surface area contributed by atoms with Crippen LogP contribution in [0.4, 0.5) is 22.9 Å². The molecular formula is C31H22Br2N6O. The minimum absolute atomic E-state index is 0.184. The molecule has 2 aliphatic rings. The zero-order chi connectivity index (χ0) is 27.4. The Bertz CT molecular complexity index is 1830. The lowest BCUT2D eigenvalue weighted by Gasteiger charge is -2.41. The highest BCUT2D eigenvalue weighted by Gasteiger charge is 2.42. The van der Waals surface area contributed by atoms with Crippen LogP contribution >= 0.6 is 31.9 Å². The molecule has 0 amide bonds. The molecule has 0 saturated carbocycles. The molecule has 40 heavy (non-hydrogen) atoms. The first-order valence-electron chi connectivity index (χ1n) is 12.7. The summed E-state index contributed by atoms with van der Waals surface area (Å²) in [6.45, 7) is 2.01. The molecule has 0 bridgehead atoms. The summed E-state index contributed by atoms with van der Waals surface area (Å²) in [6.07, 6.45) is 0. The molecule has 0 fully saturated rings. The SMILES string of the molecule is Cc1nn(-c2ccccc2)c2c1[C@@H](c1cc(O)ccc1Br)N1C(=N2)C(Nc2ccc(Br)cc2)=Nc2ccccc21. The number of aliphatic imine (C=N–C) groups is 2. The highest BCUT2D eigenvalue weighted by Crippen LogP contribution is 2.49. The molecule has 5 aromatic rings. The number of phenols is 1. The van der Waals surface area contributed by atoms with Crippen LogP contribution in [0.15, 0.2) is 116 Å². The molecule has 1 atom stereocenters. The van der Waals surface area contributed by atoms with Gasteiger partial charge in [0.15, 0.2) is 17.5 Å². The van der Waals surface area contributed by atoms with E-state index in [4.69, 9.17) is 15.1 Å². The average Bonchev–Trinajstić information content (AvgIpc) is 3.31. The zero-order valence-corrected chi connectivity index (χ0v) is 24.4. The molecule has 0 aliphatic carbocycles. The summed E-state index contributed by atoms with van der Waals surface area (Å²) in [4.78, 5) is 12.5. The molecule has 3 heterocycles. The maximum atomic E-state index is 10.6. The number of para-hydroxylation sites is 3. The normalized spacial score (nSPS) is 15.5. The standard InChI is InChI=1S/C31H22Br2N6O/c1-18-27-28(23-17-22(40)15-16-24(23)33)38-26-10-6-5-9-25(26)35-29(34-20-13-11-19(32)12-14-20)31(38)36-30(27)39(37-18)21-7-3-2-4-8-21/h2-17,28,40H,1H3,(H,34,35)/t28-/m1/s1. The third-order valence-electron chi connectivity index (χ3n) is 7.02. The Labute approximate surface area is 247 Å². The predicted octanol–water partition coefficient (Wildman–Crippen LogP) is 8.21. The van der Waals surface area contributed by atoms with Crippen molar-refractivity contribution in [3.63, 3.8) is 0 Å². The fourth-order valence-electron chi connectivity index (χ4n) is 5.25. The highest BCUT2D eigenvalue weighted by atomic mass is 79.9. The minimum Gasteiger partial charge on any atom is -0.508 e. The smallest absolute Gasteiger partial charge is 0.179 e. The molecule has 9 heteroatoms. The number of amidine groups is 2. The Morgan fingerprint density at radius 1 is 0.850 bits per heavy atom. The second-order valence-corrected chi connectivity index (χ2v) is 11.3. The molecule has 1 aromatic heterocycles. The number of hydrogen-bond acceptors (Lipinski definition) is 6. The van der Waals surface area contributed by atoms with E-state index >= 15 is 0 Å². The molecule has 0 spiro atoms. The van der Waals surface area contributed by atoms with Crippen LogP contribution in [-0.2, 0) is 0 Å². The number of nitrogens with one attached hydrogen (secondary N) is 1. The number of phenolic OH excluding ortho intramolecular Hbond substituents is 1. The van der Waals surface area contributed by atoms with Crippen molar-refractivity contribution >= 4 is 66.4 Å². The van der Waals surface area contributed by atoms with Crippen molar-refractivity contribution in [1.29, 1.82) is 0 Å². The van der Waals surface area contributed by atoms with Crippen molar-refractivity contribution in [2.24, 2.45) is 9.98 Å². The van der Waals surface area contributed by atoms with Crippen molar-refractivity contribution in [2.45, 2.75) is 13.0 Å². The van der Waals surface area contributed by atoms with Crippen LogP contribution < -0.4 is 10.2 Å². The van der Waals surface area contributed by atoms with E-state index in [-0.39, 0.29) is 11.8 Å². The van der Waals surface area contributed by atoms with E-state index in [9.17, 15) is 5.11 Å². The van der Waals surface area contributed by atoms with Crippen molar-refractivity contribution < 1.29 is 5.11 Å². The highest BCUT2D eigenvalue weighted by molar-refractivity contribution is 9.10. The number of anilines is 2. The van der Waals surface area contributed by atoms with Crippen molar-refractivity contribution in [3.05, 3.63) is 123 Å². The monoisotopic (exact) mass is 652 g/mol. The molecule has 0 saturated heterocycles. The Kier molecular flexibility index (Phi) is 6.05. The van der Waals surface area contributed by atoms with E-state index in [0.717, 1.165) is 54.3 Å². The molecule has 2 N–H and O–H groups in total. The number of hydrogen-bond donors (Lipinski definition) is 2. The summed E-state index contributed by atoms with van der Waals surface area (Å²) in [6, 6.07) is 31.0. The number of benzene rings is 4. The van der Waals surface area contributed by atoms with Crippen LogP contribution in [0.3, 0.4) is 0 Å². The first-order chi connectivity index (χ1) is 19.5. The van der Waals surface area contributed by atoms with E-state index in [1.807, 2.05) is 90.5 Å². The molecule has 4 aromatic carbocycles. The zero-order valence-electron chi connectivity index (χ0n) is 21.3. The number of aryl methyl sites for hydroxylation is 1. The fraction of sp³-hybridized carbons (Fsp3) is 0.0645. The Morgan fingerprint density at radius 3 is 2.40 bits per heavy atom. The van der Waals surface area contributed by atoms with E-state index in [0.29, 0.717) is 11.7 Å². The molecule has 0 unspecified atom stereocenters. The first kappa shape index (κ1) is 24.8. The van der Waals surface area contributed by atoms with E-state index in [2.05, 4.69) is 48.1 Å². The summed E-state index contributed by atoms with van der Waals surface area (Å²) >= 11 is 7.29. The van der Waals surface area contributed by atoms with Gasteiger partial charge < -0.3 is 15.3 Å². The number of nitrogens with zero attached hydrogens (tertiary/aromatic N) is 5. The topological polar surface area (TPSA) is 78.0 Å². The second kappa shape index (κ2) is 9.76. The predicted molar refractivity (Wildman–Crippen MR) is 167 cm³/mol. The quantitative estimate of drug-likeness (QED) is 0.206. The van der Waals surface area contributed by atoms with Gasteiger partial charge in [-0.25, -0.2) is 14.7 Å². The minimum atomic E-state index is -0.347. The summed E-state index contributed by atoms with van der Waals surface area (Å²) < 4.78 is 3.75. The molecule has 0 radical (unpaired) electrons. The van der Waals surface area contributed by atoms with Crippen molar-refractivity contribution in [1.82, 2.24) is 9.78 Å². The van der Waals surface area contributed by atoms with Crippen LogP contribution in [0.2, 0.25) is 0 Å². The van der Waals surface area contributed by atoms with Crippen LogP contribution in [0.5, 0.6) is 5.75 Å². The van der Waals surface area contributed by atoms with E-state index < -0.39 is 0 Å². The largest absolute Gasteiger partial charge is 0.508 e. The van der Waals surface area contributed by atoms with Gasteiger partial charge in [-0.1, -0.05) is 62.2 Å². The molecule has 196 valence electrons.